The maximum absolute atomic E-state index is 12.9. The van der Waals surface area contributed by atoms with Crippen LogP contribution in [0.3, 0.4) is 0 Å². The van der Waals surface area contributed by atoms with Crippen LogP contribution in [0.1, 0.15) is 290 Å². The van der Waals surface area contributed by atoms with Crippen LogP contribution < -0.4 is 0 Å². The van der Waals surface area contributed by atoms with Gasteiger partial charge in [-0.25, -0.2) is 9.13 Å². The topological polar surface area (TPSA) is 231 Å². The molecular weight excluding hydrogens is 1220 g/mol. The third kappa shape index (κ3) is 69.4. The summed E-state index contributed by atoms with van der Waals surface area (Å²) in [7, 11) is -9.78. The molecule has 4 N–H and O–H groups in total. The minimum Gasteiger partial charge on any atom is -0.463 e. The molecule has 0 rings (SSSR count). The van der Waals surface area contributed by atoms with Crippen LogP contribution in [0.2, 0.25) is 0 Å². The quantitative estimate of drug-likeness (QED) is 0.0146. The minimum absolute atomic E-state index is 0.0915. The fourth-order valence-electron chi connectivity index (χ4n) is 9.42. The molecule has 18 heteroatoms. The summed E-state index contributed by atoms with van der Waals surface area (Å²) >= 11 is 0. The number of allylic oxidation sites excluding steroid dienone is 18. The van der Waals surface area contributed by atoms with Crippen LogP contribution in [-0.2, 0) is 55.8 Å². The molecule has 0 aliphatic rings. The van der Waals surface area contributed by atoms with Crippen LogP contribution in [0.4, 0.5) is 0 Å². The highest BCUT2D eigenvalue weighted by molar-refractivity contribution is 7.47. The standard InChI is InChI=1S/C75H130O16P2/c1-4-7-10-13-16-19-22-25-27-28-29-30-31-32-33-34-35-36-37-38-39-40-42-45-46-49-52-55-58-61-73(78)85-64-70(76)65-87-92(81,82)88-66-71(77)67-89-93(83,84)90-69-72(91-75(80)63-60-57-54-51-48-43-24-21-18-15-12-9-6-3)68-86-74(79)62-59-56-53-50-47-44-41-26-23-20-17-14-11-8-5-2/h7,10,16-17,19-21,24-27,29-30,32-33,35-36,41,70-72,76-77H,4-6,8-9,11-15,18,22-23,28,31,34,37-40,42-69H2,1-3H3,(H,81,82)(H,83,84)/b10-7-,19-16-,20-17-,24-21-,27-25-,30-29-,33-32-,36-35-,41-26-. The number of esters is 3. The first-order valence-corrected chi connectivity index (χ1v) is 39.2. The maximum Gasteiger partial charge on any atom is 0.472 e. The van der Waals surface area contributed by atoms with Crippen molar-refractivity contribution in [2.45, 2.75) is 309 Å². The molecule has 0 aliphatic carbocycles. The number of aliphatic hydroxyl groups excluding tert-OH is 2. The fraction of sp³-hybridized carbons (Fsp3) is 0.720. The van der Waals surface area contributed by atoms with E-state index < -0.39 is 91.5 Å². The second-order valence-corrected chi connectivity index (χ2v) is 26.9. The van der Waals surface area contributed by atoms with E-state index in [9.17, 15) is 43.5 Å². The second-order valence-electron chi connectivity index (χ2n) is 24.0. The van der Waals surface area contributed by atoms with Gasteiger partial charge in [-0.1, -0.05) is 252 Å². The maximum atomic E-state index is 12.9. The number of hydrogen-bond donors (Lipinski definition) is 4. The number of carbonyl (C=O) groups is 3. The fourth-order valence-corrected chi connectivity index (χ4v) is 11.0. The zero-order chi connectivity index (χ0) is 68.1. The Balaban J connectivity index is 4.48. The lowest BCUT2D eigenvalue weighted by Crippen LogP contribution is -2.30. The predicted molar refractivity (Wildman–Crippen MR) is 380 cm³/mol. The molecular formula is C75H130O16P2. The number of phosphoric ester groups is 2. The van der Waals surface area contributed by atoms with Crippen molar-refractivity contribution in [3.63, 3.8) is 0 Å². The smallest absolute Gasteiger partial charge is 0.463 e. The van der Waals surface area contributed by atoms with Crippen LogP contribution >= 0.6 is 15.6 Å². The highest BCUT2D eigenvalue weighted by Gasteiger charge is 2.29. The average Bonchev–Trinajstić information content (AvgIpc) is 2.91. The van der Waals surface area contributed by atoms with Crippen molar-refractivity contribution < 1.29 is 75.8 Å². The summed E-state index contributed by atoms with van der Waals surface area (Å²) in [5.74, 6) is -1.60. The molecule has 0 heterocycles. The van der Waals surface area contributed by atoms with Crippen molar-refractivity contribution in [1.82, 2.24) is 0 Å². The van der Waals surface area contributed by atoms with E-state index in [2.05, 4.69) is 130 Å². The summed E-state index contributed by atoms with van der Waals surface area (Å²) < 4.78 is 60.9. The van der Waals surface area contributed by atoms with Crippen LogP contribution in [0.25, 0.3) is 0 Å². The molecule has 0 saturated carbocycles. The molecule has 0 fully saturated rings. The molecule has 93 heavy (non-hydrogen) atoms. The summed E-state index contributed by atoms with van der Waals surface area (Å²) in [5.41, 5.74) is 0. The second kappa shape index (κ2) is 68.2. The Hall–Kier alpha value is -3.79. The number of aliphatic hydroxyl groups is 2. The van der Waals surface area contributed by atoms with Crippen molar-refractivity contribution in [3.05, 3.63) is 109 Å². The van der Waals surface area contributed by atoms with Crippen molar-refractivity contribution in [2.24, 2.45) is 0 Å². The molecule has 5 atom stereocenters. The lowest BCUT2D eigenvalue weighted by molar-refractivity contribution is -0.161. The molecule has 0 aromatic rings. The lowest BCUT2D eigenvalue weighted by Gasteiger charge is -2.21. The first-order valence-electron chi connectivity index (χ1n) is 36.2. The van der Waals surface area contributed by atoms with Gasteiger partial charge < -0.3 is 34.2 Å². The zero-order valence-corrected chi connectivity index (χ0v) is 59.9. The normalized spacial score (nSPS) is 14.8. The molecule has 536 valence electrons. The summed E-state index contributed by atoms with van der Waals surface area (Å²) in [6, 6.07) is 0. The molecule has 5 unspecified atom stereocenters. The Morgan fingerprint density at radius 3 is 0.935 bits per heavy atom. The van der Waals surface area contributed by atoms with E-state index in [1.807, 2.05) is 0 Å². The van der Waals surface area contributed by atoms with Crippen LogP contribution in [-0.4, -0.2) is 95.9 Å². The molecule has 0 amide bonds. The van der Waals surface area contributed by atoms with Gasteiger partial charge >= 0.3 is 33.6 Å². The van der Waals surface area contributed by atoms with Gasteiger partial charge in [0.2, 0.25) is 0 Å². The van der Waals surface area contributed by atoms with Gasteiger partial charge in [-0.15, -0.1) is 0 Å². The number of rotatable bonds is 68. The Bertz CT molecular complexity index is 2130. The molecule has 0 aliphatic heterocycles. The molecule has 0 bridgehead atoms. The van der Waals surface area contributed by atoms with E-state index in [4.69, 9.17) is 32.3 Å². The predicted octanol–water partition coefficient (Wildman–Crippen LogP) is 20.4. The lowest BCUT2D eigenvalue weighted by atomic mass is 10.1. The van der Waals surface area contributed by atoms with Gasteiger partial charge in [0.15, 0.2) is 6.10 Å². The highest BCUT2D eigenvalue weighted by atomic mass is 31.2. The minimum atomic E-state index is -4.93. The Morgan fingerprint density at radius 2 is 0.570 bits per heavy atom. The largest absolute Gasteiger partial charge is 0.472 e. The SMILES string of the molecule is CC/C=C\C/C=C\C/C=C\C/C=C\C/C=C\C/C=C\CCCCCCCCCCCCC(=O)OCC(O)COP(=O)(O)OCC(O)COP(=O)(O)OCC(COC(=O)CCCCCCC/C=C\C/C=C\CCCCC)OC(=O)CCCCCCC/C=C\CCCCCC. The van der Waals surface area contributed by atoms with Crippen LogP contribution in [0, 0.1) is 0 Å². The molecule has 0 saturated heterocycles. The van der Waals surface area contributed by atoms with E-state index >= 15 is 0 Å². The Morgan fingerprint density at radius 1 is 0.312 bits per heavy atom. The highest BCUT2D eigenvalue weighted by Crippen LogP contribution is 2.45. The third-order valence-electron chi connectivity index (χ3n) is 15.0. The van der Waals surface area contributed by atoms with E-state index in [-0.39, 0.29) is 19.3 Å². The molecule has 0 radical (unpaired) electrons. The van der Waals surface area contributed by atoms with Crippen molar-refractivity contribution >= 4 is 33.6 Å². The number of ether oxygens (including phenoxy) is 3. The monoisotopic (exact) mass is 1350 g/mol. The summed E-state index contributed by atoms with van der Waals surface area (Å²) in [5, 5.41) is 20.6. The first kappa shape index (κ1) is 89.2. The molecule has 0 aromatic carbocycles. The van der Waals surface area contributed by atoms with Gasteiger partial charge in [-0.2, -0.15) is 0 Å². The van der Waals surface area contributed by atoms with Gasteiger partial charge in [0, 0.05) is 19.3 Å². The first-order chi connectivity index (χ1) is 45.2. The number of phosphoric acid groups is 2. The zero-order valence-electron chi connectivity index (χ0n) is 58.1. The van der Waals surface area contributed by atoms with E-state index in [0.29, 0.717) is 19.3 Å². The molecule has 0 aromatic heterocycles. The third-order valence-corrected chi connectivity index (χ3v) is 16.9. The summed E-state index contributed by atoms with van der Waals surface area (Å²) in [6.07, 6.45) is 77.2. The Kier molecular flexibility index (Phi) is 65.4. The van der Waals surface area contributed by atoms with Crippen molar-refractivity contribution in [3.8, 4) is 0 Å². The van der Waals surface area contributed by atoms with Gasteiger partial charge in [0.05, 0.1) is 26.4 Å². The van der Waals surface area contributed by atoms with Crippen LogP contribution in [0.5, 0.6) is 0 Å². The summed E-state index contributed by atoms with van der Waals surface area (Å²) in [6.45, 7) is 2.49. The van der Waals surface area contributed by atoms with Gasteiger partial charge in [0.1, 0.15) is 25.4 Å². The average molecular weight is 1350 g/mol. The van der Waals surface area contributed by atoms with E-state index in [1.165, 1.54) is 77.0 Å². The van der Waals surface area contributed by atoms with E-state index in [0.717, 1.165) is 154 Å². The van der Waals surface area contributed by atoms with E-state index in [1.54, 1.807) is 0 Å². The molecule has 16 nitrogen and oxygen atoms in total. The van der Waals surface area contributed by atoms with Crippen molar-refractivity contribution in [2.75, 3.05) is 39.6 Å². The van der Waals surface area contributed by atoms with Gasteiger partial charge in [-0.05, 0) is 128 Å². The molecule has 0 spiro atoms. The number of carbonyl (C=O) groups excluding carboxylic acids is 3. The Labute approximate surface area is 564 Å². The van der Waals surface area contributed by atoms with Gasteiger partial charge in [0.25, 0.3) is 0 Å². The van der Waals surface area contributed by atoms with Gasteiger partial charge in [-0.3, -0.25) is 32.5 Å². The summed E-state index contributed by atoms with van der Waals surface area (Å²) in [4.78, 5) is 58.4. The number of unbranched alkanes of at least 4 members (excludes halogenated alkanes) is 27. The number of hydrogen-bond acceptors (Lipinski definition) is 14. The van der Waals surface area contributed by atoms with Crippen LogP contribution in [0.15, 0.2) is 109 Å². The van der Waals surface area contributed by atoms with Crippen molar-refractivity contribution in [1.29, 1.82) is 0 Å².